The summed E-state index contributed by atoms with van der Waals surface area (Å²) in [5.74, 6) is 1.22. The number of nitrogens with zero attached hydrogens (tertiary/aromatic N) is 4. The van der Waals surface area contributed by atoms with Crippen LogP contribution in [0.2, 0.25) is 0 Å². The van der Waals surface area contributed by atoms with Crippen molar-refractivity contribution >= 4 is 5.91 Å². The summed E-state index contributed by atoms with van der Waals surface area (Å²) in [7, 11) is 1.64. The quantitative estimate of drug-likeness (QED) is 0.709. The lowest BCUT2D eigenvalue weighted by Crippen LogP contribution is -2.33. The van der Waals surface area contributed by atoms with E-state index in [0.29, 0.717) is 18.1 Å². The first-order valence-corrected chi connectivity index (χ1v) is 8.63. The summed E-state index contributed by atoms with van der Waals surface area (Å²) in [5.41, 5.74) is 1.35. The van der Waals surface area contributed by atoms with Gasteiger partial charge in [0.1, 0.15) is 5.75 Å². The van der Waals surface area contributed by atoms with Crippen LogP contribution in [0, 0.1) is 0 Å². The summed E-state index contributed by atoms with van der Waals surface area (Å²) >= 11 is 0. The van der Waals surface area contributed by atoms with Crippen molar-refractivity contribution in [2.75, 3.05) is 7.11 Å². The van der Waals surface area contributed by atoms with Gasteiger partial charge in [0.05, 0.1) is 13.7 Å². The maximum Gasteiger partial charge on any atom is 0.275 e. The van der Waals surface area contributed by atoms with E-state index in [1.807, 2.05) is 67.2 Å². The van der Waals surface area contributed by atoms with Crippen molar-refractivity contribution in [3.63, 3.8) is 0 Å². The van der Waals surface area contributed by atoms with E-state index in [9.17, 15) is 4.79 Å². The fourth-order valence-electron chi connectivity index (χ4n) is 2.59. The van der Waals surface area contributed by atoms with Crippen molar-refractivity contribution in [2.45, 2.75) is 32.9 Å². The number of amides is 1. The molecule has 0 spiro atoms. The minimum Gasteiger partial charge on any atom is -0.497 e. The molecule has 3 aromatic rings. The van der Waals surface area contributed by atoms with Gasteiger partial charge in [-0.3, -0.25) is 4.79 Å². The minimum absolute atomic E-state index is 0.0757. The molecule has 0 bridgehead atoms. The fourth-order valence-corrected chi connectivity index (χ4v) is 2.59. The van der Waals surface area contributed by atoms with E-state index < -0.39 is 0 Å². The van der Waals surface area contributed by atoms with Crippen molar-refractivity contribution in [1.82, 2.24) is 24.9 Å². The SMILES string of the molecule is CC[C@@H](C)NC(=O)c1nnn(Cc2ccc(OC)cc2)c1-n1cccc1. The molecule has 1 N–H and O–H groups in total. The molecule has 0 unspecified atom stereocenters. The predicted octanol–water partition coefficient (Wildman–Crippen LogP) is 2.65. The molecule has 0 radical (unpaired) electrons. The molecular weight excluding hydrogens is 330 g/mol. The van der Waals surface area contributed by atoms with Gasteiger partial charge in [0.25, 0.3) is 5.91 Å². The van der Waals surface area contributed by atoms with Crippen LogP contribution in [0.1, 0.15) is 36.3 Å². The van der Waals surface area contributed by atoms with Gasteiger partial charge in [0.15, 0.2) is 11.5 Å². The Morgan fingerprint density at radius 3 is 2.54 bits per heavy atom. The zero-order chi connectivity index (χ0) is 18.5. The number of aromatic nitrogens is 4. The third-order valence-corrected chi connectivity index (χ3v) is 4.25. The molecule has 2 aromatic heterocycles. The maximum absolute atomic E-state index is 12.6. The van der Waals surface area contributed by atoms with E-state index in [4.69, 9.17) is 4.74 Å². The van der Waals surface area contributed by atoms with Crippen molar-refractivity contribution < 1.29 is 9.53 Å². The van der Waals surface area contributed by atoms with Gasteiger partial charge in [-0.2, -0.15) is 0 Å². The molecule has 3 rings (SSSR count). The van der Waals surface area contributed by atoms with Gasteiger partial charge in [0, 0.05) is 18.4 Å². The molecule has 0 aliphatic heterocycles. The van der Waals surface area contributed by atoms with Gasteiger partial charge in [-0.1, -0.05) is 24.3 Å². The van der Waals surface area contributed by atoms with Crippen molar-refractivity contribution in [2.24, 2.45) is 0 Å². The summed E-state index contributed by atoms with van der Waals surface area (Å²) in [4.78, 5) is 12.6. The van der Waals surface area contributed by atoms with E-state index in [-0.39, 0.29) is 11.9 Å². The molecule has 7 heteroatoms. The van der Waals surface area contributed by atoms with Crippen LogP contribution >= 0.6 is 0 Å². The van der Waals surface area contributed by atoms with Gasteiger partial charge in [-0.15, -0.1) is 5.10 Å². The lowest BCUT2D eigenvalue weighted by Gasteiger charge is -2.12. The summed E-state index contributed by atoms with van der Waals surface area (Å²) < 4.78 is 8.78. The lowest BCUT2D eigenvalue weighted by molar-refractivity contribution is 0.0934. The molecule has 0 aliphatic rings. The number of nitrogens with one attached hydrogen (secondary N) is 1. The Bertz CT molecular complexity index is 853. The van der Waals surface area contributed by atoms with Crippen LogP contribution in [0.15, 0.2) is 48.8 Å². The molecule has 136 valence electrons. The lowest BCUT2D eigenvalue weighted by atomic mass is 10.2. The Kier molecular flexibility index (Phi) is 5.36. The highest BCUT2D eigenvalue weighted by Crippen LogP contribution is 2.17. The molecule has 0 aliphatic carbocycles. The van der Waals surface area contributed by atoms with Gasteiger partial charge < -0.3 is 14.6 Å². The maximum atomic E-state index is 12.6. The summed E-state index contributed by atoms with van der Waals surface area (Å²) in [6.07, 6.45) is 4.61. The molecule has 0 saturated carbocycles. The minimum atomic E-state index is -0.218. The second kappa shape index (κ2) is 7.86. The highest BCUT2D eigenvalue weighted by Gasteiger charge is 2.22. The monoisotopic (exact) mass is 353 g/mol. The summed E-state index contributed by atoms with van der Waals surface area (Å²) in [6.45, 7) is 4.49. The number of hydrogen-bond acceptors (Lipinski definition) is 4. The van der Waals surface area contributed by atoms with E-state index in [2.05, 4.69) is 15.6 Å². The van der Waals surface area contributed by atoms with Crippen molar-refractivity contribution in [1.29, 1.82) is 0 Å². The summed E-state index contributed by atoms with van der Waals surface area (Å²) in [6, 6.07) is 11.6. The number of carbonyl (C=O) groups is 1. The van der Waals surface area contributed by atoms with Crippen molar-refractivity contribution in [3.05, 3.63) is 60.0 Å². The van der Waals surface area contributed by atoms with E-state index >= 15 is 0 Å². The third-order valence-electron chi connectivity index (χ3n) is 4.25. The Balaban J connectivity index is 1.93. The van der Waals surface area contributed by atoms with Crippen LogP contribution in [0.3, 0.4) is 0 Å². The molecule has 0 fully saturated rings. The number of hydrogen-bond donors (Lipinski definition) is 1. The third kappa shape index (κ3) is 3.77. The number of benzene rings is 1. The first-order chi connectivity index (χ1) is 12.6. The zero-order valence-electron chi connectivity index (χ0n) is 15.2. The van der Waals surface area contributed by atoms with Gasteiger partial charge in [-0.25, -0.2) is 4.68 Å². The van der Waals surface area contributed by atoms with Crippen molar-refractivity contribution in [3.8, 4) is 11.6 Å². The Morgan fingerprint density at radius 1 is 1.23 bits per heavy atom. The smallest absolute Gasteiger partial charge is 0.275 e. The largest absolute Gasteiger partial charge is 0.497 e. The van der Waals surface area contributed by atoms with Gasteiger partial charge in [0.2, 0.25) is 0 Å². The van der Waals surface area contributed by atoms with E-state index in [1.54, 1.807) is 11.8 Å². The Morgan fingerprint density at radius 2 is 1.92 bits per heavy atom. The first kappa shape index (κ1) is 17.7. The first-order valence-electron chi connectivity index (χ1n) is 8.63. The number of carbonyl (C=O) groups excluding carboxylic acids is 1. The van der Waals surface area contributed by atoms with Crippen LogP contribution in [0.25, 0.3) is 5.82 Å². The molecule has 1 atom stereocenters. The number of rotatable bonds is 7. The van der Waals surface area contributed by atoms with Crippen LogP contribution in [-0.4, -0.2) is 38.6 Å². The second-order valence-electron chi connectivity index (χ2n) is 6.14. The topological polar surface area (TPSA) is 74.0 Å². The highest BCUT2D eigenvalue weighted by atomic mass is 16.5. The van der Waals surface area contributed by atoms with Gasteiger partial charge in [-0.05, 0) is 43.2 Å². The average Bonchev–Trinajstić information content (AvgIpc) is 3.31. The molecule has 7 nitrogen and oxygen atoms in total. The Labute approximate surface area is 152 Å². The zero-order valence-corrected chi connectivity index (χ0v) is 15.2. The van der Waals surface area contributed by atoms with Gasteiger partial charge >= 0.3 is 0 Å². The Hall–Kier alpha value is -3.09. The number of ether oxygens (including phenoxy) is 1. The molecule has 26 heavy (non-hydrogen) atoms. The highest BCUT2D eigenvalue weighted by molar-refractivity contribution is 5.95. The van der Waals surface area contributed by atoms with Crippen LogP contribution in [-0.2, 0) is 6.54 Å². The molecular formula is C19H23N5O2. The van der Waals surface area contributed by atoms with Crippen LogP contribution in [0.5, 0.6) is 5.75 Å². The number of methoxy groups -OCH3 is 1. The van der Waals surface area contributed by atoms with E-state index in [1.165, 1.54) is 0 Å². The molecule has 1 aromatic carbocycles. The molecule has 2 heterocycles. The molecule has 0 saturated heterocycles. The van der Waals surface area contributed by atoms with Crippen LogP contribution < -0.4 is 10.1 Å². The second-order valence-corrected chi connectivity index (χ2v) is 6.14. The van der Waals surface area contributed by atoms with E-state index in [0.717, 1.165) is 17.7 Å². The average molecular weight is 353 g/mol. The molecule has 1 amide bonds. The standard InChI is InChI=1S/C19H23N5O2/c1-4-14(2)20-18(25)17-19(23-11-5-6-12-23)24(22-21-17)13-15-7-9-16(26-3)10-8-15/h5-12,14H,4,13H2,1-3H3,(H,20,25)/t14-/m1/s1. The van der Waals surface area contributed by atoms with Crippen LogP contribution in [0.4, 0.5) is 0 Å². The predicted molar refractivity (Wildman–Crippen MR) is 98.7 cm³/mol. The summed E-state index contributed by atoms with van der Waals surface area (Å²) in [5, 5.41) is 11.3. The fraction of sp³-hybridized carbons (Fsp3) is 0.316. The normalized spacial score (nSPS) is 12.0.